The maximum Gasteiger partial charge on any atom is 0.253 e. The van der Waals surface area contributed by atoms with Crippen LogP contribution in [0.15, 0.2) is 18.2 Å². The number of aryl methyl sites for hydroxylation is 1. The SMILES string of the molecule is CCC(CCBr)NC(=O)c1cccc(C)c1Cl. The zero-order chi connectivity index (χ0) is 12.8. The minimum absolute atomic E-state index is 0.0912. The Bertz CT molecular complexity index is 395. The third-order valence-corrected chi connectivity index (χ3v) is 3.68. The van der Waals surface area contributed by atoms with Crippen LogP contribution in [0.2, 0.25) is 5.02 Å². The molecule has 1 N–H and O–H groups in total. The molecule has 1 aromatic carbocycles. The Morgan fingerprint density at radius 1 is 1.53 bits per heavy atom. The van der Waals surface area contributed by atoms with Crippen LogP contribution >= 0.6 is 27.5 Å². The van der Waals surface area contributed by atoms with Gasteiger partial charge in [-0.2, -0.15) is 0 Å². The standard InChI is InChI=1S/C13H17BrClNO/c1-3-10(7-8-14)16-13(17)11-6-4-5-9(2)12(11)15/h4-6,10H,3,7-8H2,1-2H3,(H,16,17). The van der Waals surface area contributed by atoms with Crippen LogP contribution in [0.5, 0.6) is 0 Å². The minimum atomic E-state index is -0.0912. The second-order valence-corrected chi connectivity index (χ2v) is 5.16. The average molecular weight is 319 g/mol. The number of nitrogens with one attached hydrogen (secondary N) is 1. The van der Waals surface area contributed by atoms with E-state index in [1.165, 1.54) is 0 Å². The molecule has 0 aliphatic carbocycles. The lowest BCUT2D eigenvalue weighted by Gasteiger charge is -2.16. The van der Waals surface area contributed by atoms with Gasteiger partial charge >= 0.3 is 0 Å². The van der Waals surface area contributed by atoms with Crippen LogP contribution in [0.3, 0.4) is 0 Å². The van der Waals surface area contributed by atoms with E-state index in [4.69, 9.17) is 11.6 Å². The predicted octanol–water partition coefficient (Wildman–Crippen LogP) is 3.94. The van der Waals surface area contributed by atoms with Crippen molar-refractivity contribution in [2.24, 2.45) is 0 Å². The van der Waals surface area contributed by atoms with Gasteiger partial charge in [0.25, 0.3) is 5.91 Å². The van der Waals surface area contributed by atoms with Gasteiger partial charge in [0.15, 0.2) is 0 Å². The summed E-state index contributed by atoms with van der Waals surface area (Å²) in [5.41, 5.74) is 1.48. The normalized spacial score (nSPS) is 12.2. The lowest BCUT2D eigenvalue weighted by molar-refractivity contribution is 0.0935. The summed E-state index contributed by atoms with van der Waals surface area (Å²) >= 11 is 9.51. The van der Waals surface area contributed by atoms with Crippen LogP contribution in [0.25, 0.3) is 0 Å². The number of carbonyl (C=O) groups excluding carboxylic acids is 1. The Morgan fingerprint density at radius 2 is 2.24 bits per heavy atom. The smallest absolute Gasteiger partial charge is 0.253 e. The fourth-order valence-electron chi connectivity index (χ4n) is 1.60. The lowest BCUT2D eigenvalue weighted by atomic mass is 10.1. The molecule has 17 heavy (non-hydrogen) atoms. The molecule has 0 radical (unpaired) electrons. The zero-order valence-corrected chi connectivity index (χ0v) is 12.4. The van der Waals surface area contributed by atoms with E-state index in [9.17, 15) is 4.79 Å². The number of halogens is 2. The molecule has 4 heteroatoms. The van der Waals surface area contributed by atoms with Crippen molar-refractivity contribution in [3.8, 4) is 0 Å². The van der Waals surface area contributed by atoms with Crippen LogP contribution in [0, 0.1) is 6.92 Å². The summed E-state index contributed by atoms with van der Waals surface area (Å²) < 4.78 is 0. The number of carbonyl (C=O) groups is 1. The van der Waals surface area contributed by atoms with Crippen molar-refractivity contribution in [2.45, 2.75) is 32.7 Å². The van der Waals surface area contributed by atoms with E-state index in [-0.39, 0.29) is 11.9 Å². The van der Waals surface area contributed by atoms with Crippen molar-refractivity contribution in [2.75, 3.05) is 5.33 Å². The van der Waals surface area contributed by atoms with Crippen molar-refractivity contribution in [3.63, 3.8) is 0 Å². The highest BCUT2D eigenvalue weighted by Gasteiger charge is 2.15. The van der Waals surface area contributed by atoms with Gasteiger partial charge in [-0.3, -0.25) is 4.79 Å². The Hall–Kier alpha value is -0.540. The first-order chi connectivity index (χ1) is 8.10. The highest BCUT2D eigenvalue weighted by molar-refractivity contribution is 9.09. The molecule has 0 aliphatic rings. The average Bonchev–Trinajstić information content (AvgIpc) is 2.31. The highest BCUT2D eigenvalue weighted by Crippen LogP contribution is 2.20. The van der Waals surface area contributed by atoms with E-state index in [2.05, 4.69) is 28.2 Å². The third-order valence-electron chi connectivity index (χ3n) is 2.72. The molecule has 1 rings (SSSR count). The first kappa shape index (κ1) is 14.5. The molecule has 1 amide bonds. The summed E-state index contributed by atoms with van der Waals surface area (Å²) in [4.78, 5) is 12.1. The molecule has 0 saturated carbocycles. The molecule has 94 valence electrons. The molecular weight excluding hydrogens is 302 g/mol. The van der Waals surface area contributed by atoms with Gasteiger partial charge < -0.3 is 5.32 Å². The fraction of sp³-hybridized carbons (Fsp3) is 0.462. The summed E-state index contributed by atoms with van der Waals surface area (Å²) in [5.74, 6) is -0.0912. The molecule has 0 fully saturated rings. The number of benzene rings is 1. The molecular formula is C13H17BrClNO. The van der Waals surface area contributed by atoms with Crippen molar-refractivity contribution in [3.05, 3.63) is 34.3 Å². The van der Waals surface area contributed by atoms with E-state index in [0.29, 0.717) is 10.6 Å². The topological polar surface area (TPSA) is 29.1 Å². The van der Waals surface area contributed by atoms with Crippen molar-refractivity contribution in [1.82, 2.24) is 5.32 Å². The second-order valence-electron chi connectivity index (χ2n) is 3.99. The number of amides is 1. The third kappa shape index (κ3) is 4.00. The monoisotopic (exact) mass is 317 g/mol. The Kier molecular flexibility index (Phi) is 6.00. The molecule has 0 aromatic heterocycles. The molecule has 1 unspecified atom stereocenters. The van der Waals surface area contributed by atoms with Gasteiger partial charge in [0, 0.05) is 11.4 Å². The Labute approximate surface area is 116 Å². The van der Waals surface area contributed by atoms with Gasteiger partial charge in [-0.15, -0.1) is 0 Å². The minimum Gasteiger partial charge on any atom is -0.349 e. The molecule has 1 aromatic rings. The van der Waals surface area contributed by atoms with Crippen molar-refractivity contribution >= 4 is 33.4 Å². The van der Waals surface area contributed by atoms with Gasteiger partial charge in [-0.25, -0.2) is 0 Å². The van der Waals surface area contributed by atoms with E-state index in [1.807, 2.05) is 19.1 Å². The fourth-order valence-corrected chi connectivity index (χ4v) is 2.36. The van der Waals surface area contributed by atoms with E-state index in [1.54, 1.807) is 6.07 Å². The van der Waals surface area contributed by atoms with Crippen LogP contribution in [0.4, 0.5) is 0 Å². The molecule has 0 heterocycles. The first-order valence-electron chi connectivity index (χ1n) is 5.72. The number of alkyl halides is 1. The summed E-state index contributed by atoms with van der Waals surface area (Å²) in [6.45, 7) is 3.96. The van der Waals surface area contributed by atoms with Gasteiger partial charge in [0.2, 0.25) is 0 Å². The molecule has 0 aliphatic heterocycles. The van der Waals surface area contributed by atoms with E-state index in [0.717, 1.165) is 23.7 Å². The van der Waals surface area contributed by atoms with Gasteiger partial charge in [-0.1, -0.05) is 46.6 Å². The number of rotatable bonds is 5. The molecule has 0 saturated heterocycles. The number of hydrogen-bond donors (Lipinski definition) is 1. The largest absolute Gasteiger partial charge is 0.349 e. The highest BCUT2D eigenvalue weighted by atomic mass is 79.9. The maximum atomic E-state index is 12.1. The van der Waals surface area contributed by atoms with Crippen molar-refractivity contribution < 1.29 is 4.79 Å². The summed E-state index contributed by atoms with van der Waals surface area (Å²) in [5, 5.41) is 4.42. The van der Waals surface area contributed by atoms with Crippen LogP contribution < -0.4 is 5.32 Å². The Balaban J connectivity index is 2.79. The second kappa shape index (κ2) is 7.02. The van der Waals surface area contributed by atoms with Crippen LogP contribution in [-0.2, 0) is 0 Å². The van der Waals surface area contributed by atoms with E-state index < -0.39 is 0 Å². The molecule has 1 atom stereocenters. The summed E-state index contributed by atoms with van der Waals surface area (Å²) in [6.07, 6.45) is 1.84. The molecule has 0 bridgehead atoms. The predicted molar refractivity (Wildman–Crippen MR) is 76.1 cm³/mol. The Morgan fingerprint density at radius 3 is 2.82 bits per heavy atom. The maximum absolute atomic E-state index is 12.1. The van der Waals surface area contributed by atoms with Gasteiger partial charge in [0.05, 0.1) is 10.6 Å². The summed E-state index contributed by atoms with van der Waals surface area (Å²) in [6, 6.07) is 5.69. The van der Waals surface area contributed by atoms with Crippen molar-refractivity contribution in [1.29, 1.82) is 0 Å². The molecule has 2 nitrogen and oxygen atoms in total. The lowest BCUT2D eigenvalue weighted by Crippen LogP contribution is -2.34. The zero-order valence-electron chi connectivity index (χ0n) is 10.1. The van der Waals surface area contributed by atoms with Crippen LogP contribution in [-0.4, -0.2) is 17.3 Å². The van der Waals surface area contributed by atoms with Gasteiger partial charge in [-0.05, 0) is 31.4 Å². The first-order valence-corrected chi connectivity index (χ1v) is 7.22. The van der Waals surface area contributed by atoms with Gasteiger partial charge in [0.1, 0.15) is 0 Å². The quantitative estimate of drug-likeness (QED) is 0.819. The molecule has 0 spiro atoms. The van der Waals surface area contributed by atoms with Crippen LogP contribution in [0.1, 0.15) is 35.7 Å². The van der Waals surface area contributed by atoms with E-state index >= 15 is 0 Å². The summed E-state index contributed by atoms with van der Waals surface area (Å²) in [7, 11) is 0. The number of hydrogen-bond acceptors (Lipinski definition) is 1.